The Bertz CT molecular complexity index is 279. The van der Waals surface area contributed by atoms with E-state index < -0.39 is 12.0 Å². The molecule has 0 saturated heterocycles. The number of aliphatic carboxylic acids is 1. The molecule has 18 heavy (non-hydrogen) atoms. The summed E-state index contributed by atoms with van der Waals surface area (Å²) < 4.78 is 0. The molecule has 5 heteroatoms. The number of carboxylic acid groups (broad SMARTS) is 1. The summed E-state index contributed by atoms with van der Waals surface area (Å²) in [5, 5.41) is 8.84. The van der Waals surface area contributed by atoms with Gasteiger partial charge in [-0.25, -0.2) is 4.79 Å². The van der Waals surface area contributed by atoms with Crippen molar-refractivity contribution in [1.29, 1.82) is 0 Å². The third kappa shape index (κ3) is 5.49. The van der Waals surface area contributed by atoms with Gasteiger partial charge in [0, 0.05) is 13.5 Å². The Balaban J connectivity index is 4.27. The number of amides is 1. The van der Waals surface area contributed by atoms with E-state index in [0.717, 1.165) is 12.8 Å². The minimum absolute atomic E-state index is 0.118. The Labute approximate surface area is 109 Å². The van der Waals surface area contributed by atoms with E-state index in [1.807, 2.05) is 0 Å². The van der Waals surface area contributed by atoms with Gasteiger partial charge in [0.15, 0.2) is 0 Å². The van der Waals surface area contributed by atoms with Gasteiger partial charge in [-0.15, -0.1) is 0 Å². The van der Waals surface area contributed by atoms with Crippen LogP contribution in [0, 0.1) is 11.8 Å². The van der Waals surface area contributed by atoms with Crippen LogP contribution in [-0.2, 0) is 9.59 Å². The van der Waals surface area contributed by atoms with Gasteiger partial charge in [-0.2, -0.15) is 0 Å². The lowest BCUT2D eigenvalue weighted by atomic mass is 9.88. The second-order valence-corrected chi connectivity index (χ2v) is 5.14. The summed E-state index contributed by atoms with van der Waals surface area (Å²) in [5.74, 6) is -0.183. The molecule has 2 unspecified atom stereocenters. The van der Waals surface area contributed by atoms with Crippen molar-refractivity contribution in [2.75, 3.05) is 13.6 Å². The second kappa shape index (κ2) is 8.08. The van der Waals surface area contributed by atoms with Crippen molar-refractivity contribution in [1.82, 2.24) is 4.90 Å². The van der Waals surface area contributed by atoms with E-state index in [-0.39, 0.29) is 5.91 Å². The van der Waals surface area contributed by atoms with E-state index in [2.05, 4.69) is 13.8 Å². The molecule has 0 aromatic carbocycles. The number of carbonyl (C=O) groups excluding carboxylic acids is 1. The Morgan fingerprint density at radius 2 is 1.78 bits per heavy atom. The van der Waals surface area contributed by atoms with Crippen molar-refractivity contribution >= 4 is 11.9 Å². The molecule has 0 heterocycles. The summed E-state index contributed by atoms with van der Waals surface area (Å²) in [6.45, 7) is 6.38. The Morgan fingerprint density at radius 3 is 2.17 bits per heavy atom. The van der Waals surface area contributed by atoms with Gasteiger partial charge in [-0.3, -0.25) is 4.79 Å². The molecular weight excluding hydrogens is 232 g/mol. The molecule has 0 aliphatic carbocycles. The average molecular weight is 258 g/mol. The number of hydrogen-bond acceptors (Lipinski definition) is 3. The molecule has 3 N–H and O–H groups in total. The molecule has 0 aromatic heterocycles. The van der Waals surface area contributed by atoms with Crippen LogP contribution < -0.4 is 5.73 Å². The monoisotopic (exact) mass is 258 g/mol. The van der Waals surface area contributed by atoms with Crippen molar-refractivity contribution in [2.24, 2.45) is 17.6 Å². The van der Waals surface area contributed by atoms with E-state index in [9.17, 15) is 9.59 Å². The van der Waals surface area contributed by atoms with Crippen molar-refractivity contribution < 1.29 is 14.7 Å². The van der Waals surface area contributed by atoms with Crippen LogP contribution in [0.3, 0.4) is 0 Å². The fourth-order valence-electron chi connectivity index (χ4n) is 1.89. The smallest absolute Gasteiger partial charge is 0.326 e. The SMILES string of the molecule is CC(C)C(CCN)CCC(=O)N(C)C(C)C(=O)O. The zero-order valence-corrected chi connectivity index (χ0v) is 11.8. The highest BCUT2D eigenvalue weighted by Crippen LogP contribution is 2.21. The van der Waals surface area contributed by atoms with E-state index in [1.54, 1.807) is 0 Å². The van der Waals surface area contributed by atoms with Gasteiger partial charge in [0.05, 0.1) is 0 Å². The Kier molecular flexibility index (Phi) is 7.59. The lowest BCUT2D eigenvalue weighted by Gasteiger charge is -2.24. The summed E-state index contributed by atoms with van der Waals surface area (Å²) in [7, 11) is 1.54. The number of hydrogen-bond donors (Lipinski definition) is 2. The van der Waals surface area contributed by atoms with Gasteiger partial charge in [0.1, 0.15) is 6.04 Å². The first-order valence-electron chi connectivity index (χ1n) is 6.49. The second-order valence-electron chi connectivity index (χ2n) is 5.14. The zero-order chi connectivity index (χ0) is 14.3. The first-order chi connectivity index (χ1) is 8.31. The summed E-state index contributed by atoms with van der Waals surface area (Å²) in [6, 6.07) is -0.774. The Morgan fingerprint density at radius 1 is 1.22 bits per heavy atom. The van der Waals surface area contributed by atoms with Gasteiger partial charge in [0.2, 0.25) is 5.91 Å². The molecule has 0 aromatic rings. The zero-order valence-electron chi connectivity index (χ0n) is 11.8. The van der Waals surface area contributed by atoms with E-state index in [1.165, 1.54) is 18.9 Å². The normalized spacial score (nSPS) is 14.3. The fraction of sp³-hybridized carbons (Fsp3) is 0.846. The van der Waals surface area contributed by atoms with Crippen LogP contribution in [0.25, 0.3) is 0 Å². The van der Waals surface area contributed by atoms with Crippen molar-refractivity contribution in [3.63, 3.8) is 0 Å². The van der Waals surface area contributed by atoms with Gasteiger partial charge >= 0.3 is 5.97 Å². The summed E-state index contributed by atoms with van der Waals surface area (Å²) >= 11 is 0. The molecule has 0 bridgehead atoms. The molecule has 2 atom stereocenters. The number of nitrogens with zero attached hydrogens (tertiary/aromatic N) is 1. The third-order valence-electron chi connectivity index (χ3n) is 3.54. The molecule has 0 aliphatic heterocycles. The highest BCUT2D eigenvalue weighted by atomic mass is 16.4. The van der Waals surface area contributed by atoms with E-state index in [4.69, 9.17) is 10.8 Å². The molecule has 0 spiro atoms. The fourth-order valence-corrected chi connectivity index (χ4v) is 1.89. The van der Waals surface area contributed by atoms with Crippen LogP contribution in [0.1, 0.15) is 40.0 Å². The maximum absolute atomic E-state index is 11.9. The van der Waals surface area contributed by atoms with Crippen molar-refractivity contribution in [3.8, 4) is 0 Å². The van der Waals surface area contributed by atoms with Crippen LogP contribution >= 0.6 is 0 Å². The molecule has 0 aliphatic rings. The first kappa shape index (κ1) is 16.9. The number of nitrogens with two attached hydrogens (primary N) is 1. The molecule has 0 saturated carbocycles. The molecule has 5 nitrogen and oxygen atoms in total. The summed E-state index contributed by atoms with van der Waals surface area (Å²) in [6.07, 6.45) is 2.06. The highest BCUT2D eigenvalue weighted by molar-refractivity contribution is 5.83. The molecule has 1 amide bonds. The number of rotatable bonds is 8. The summed E-state index contributed by atoms with van der Waals surface area (Å²) in [5.41, 5.74) is 5.55. The molecule has 0 rings (SSSR count). The first-order valence-corrected chi connectivity index (χ1v) is 6.49. The predicted molar refractivity (Wildman–Crippen MR) is 71.1 cm³/mol. The quantitative estimate of drug-likeness (QED) is 0.687. The Hall–Kier alpha value is -1.10. The van der Waals surface area contributed by atoms with Gasteiger partial charge < -0.3 is 15.7 Å². The van der Waals surface area contributed by atoms with Crippen LogP contribution in [0.15, 0.2) is 0 Å². The minimum atomic E-state index is -0.979. The van der Waals surface area contributed by atoms with Crippen LogP contribution in [0.4, 0.5) is 0 Å². The van der Waals surface area contributed by atoms with Gasteiger partial charge in [0.25, 0.3) is 0 Å². The predicted octanol–water partition coefficient (Wildman–Crippen LogP) is 1.32. The van der Waals surface area contributed by atoms with Gasteiger partial charge in [-0.1, -0.05) is 13.8 Å². The van der Waals surface area contributed by atoms with Gasteiger partial charge in [-0.05, 0) is 38.1 Å². The summed E-state index contributed by atoms with van der Waals surface area (Å²) in [4.78, 5) is 23.9. The largest absolute Gasteiger partial charge is 0.480 e. The van der Waals surface area contributed by atoms with Crippen LogP contribution in [0.5, 0.6) is 0 Å². The third-order valence-corrected chi connectivity index (χ3v) is 3.54. The molecule has 0 fully saturated rings. The number of carbonyl (C=O) groups is 2. The highest BCUT2D eigenvalue weighted by Gasteiger charge is 2.22. The van der Waals surface area contributed by atoms with E-state index in [0.29, 0.717) is 24.8 Å². The topological polar surface area (TPSA) is 83.6 Å². The molecule has 106 valence electrons. The molecular formula is C13H26N2O3. The van der Waals surface area contributed by atoms with E-state index >= 15 is 0 Å². The van der Waals surface area contributed by atoms with Crippen molar-refractivity contribution in [3.05, 3.63) is 0 Å². The maximum atomic E-state index is 11.9. The molecule has 0 radical (unpaired) electrons. The standard InChI is InChI=1S/C13H26N2O3/c1-9(2)11(7-8-14)5-6-12(16)15(4)10(3)13(17)18/h9-11H,5-8,14H2,1-4H3,(H,17,18). The average Bonchev–Trinajstić information content (AvgIpc) is 2.31. The van der Waals surface area contributed by atoms with Crippen LogP contribution in [0.2, 0.25) is 0 Å². The minimum Gasteiger partial charge on any atom is -0.480 e. The lowest BCUT2D eigenvalue weighted by Crippen LogP contribution is -2.40. The van der Waals surface area contributed by atoms with Crippen molar-refractivity contribution in [2.45, 2.75) is 46.1 Å². The lowest BCUT2D eigenvalue weighted by molar-refractivity contribution is -0.148. The maximum Gasteiger partial charge on any atom is 0.326 e. The number of likely N-dealkylation sites (N-methyl/N-ethyl adjacent to an activating group) is 1. The number of carboxylic acids is 1. The van der Waals surface area contributed by atoms with Crippen LogP contribution in [-0.4, -0.2) is 41.5 Å².